The molecule has 0 spiro atoms. The summed E-state index contributed by atoms with van der Waals surface area (Å²) >= 11 is 0. The summed E-state index contributed by atoms with van der Waals surface area (Å²) in [7, 11) is 1.45. The highest BCUT2D eigenvalue weighted by Gasteiger charge is 2.28. The van der Waals surface area contributed by atoms with Crippen LogP contribution in [0.15, 0.2) is 18.2 Å². The van der Waals surface area contributed by atoms with Crippen molar-refractivity contribution >= 4 is 5.78 Å². The van der Waals surface area contributed by atoms with Crippen molar-refractivity contribution in [3.63, 3.8) is 0 Å². The zero-order valence-electron chi connectivity index (χ0n) is 10.0. The molecule has 0 bridgehead atoms. The van der Waals surface area contributed by atoms with Crippen LogP contribution in [-0.4, -0.2) is 12.9 Å². The maximum atomic E-state index is 13.4. The summed E-state index contributed by atoms with van der Waals surface area (Å²) in [6.07, 6.45) is 4.31. The van der Waals surface area contributed by atoms with Gasteiger partial charge in [0, 0.05) is 12.3 Å². The van der Waals surface area contributed by atoms with Gasteiger partial charge < -0.3 is 4.74 Å². The summed E-state index contributed by atoms with van der Waals surface area (Å²) in [6, 6.07) is 4.97. The van der Waals surface area contributed by atoms with Crippen molar-refractivity contribution in [3.05, 3.63) is 29.6 Å². The number of halogens is 1. The minimum absolute atomic E-state index is 0.266. The predicted molar refractivity (Wildman–Crippen MR) is 63.6 cm³/mol. The lowest BCUT2D eigenvalue weighted by atomic mass is 10.0. The van der Waals surface area contributed by atoms with Gasteiger partial charge in [0.1, 0.15) is 5.78 Å². The normalized spacial score (nSPS) is 14.7. The lowest BCUT2D eigenvalue weighted by Crippen LogP contribution is -2.01. The average Bonchev–Trinajstić information content (AvgIpc) is 3.13. The van der Waals surface area contributed by atoms with E-state index in [9.17, 15) is 9.18 Å². The molecule has 17 heavy (non-hydrogen) atoms. The van der Waals surface area contributed by atoms with E-state index in [0.717, 1.165) is 31.2 Å². The molecule has 1 aromatic carbocycles. The zero-order chi connectivity index (χ0) is 12.3. The number of hydrogen-bond donors (Lipinski definition) is 0. The van der Waals surface area contributed by atoms with Crippen LogP contribution in [0.2, 0.25) is 0 Å². The molecule has 0 aromatic heterocycles. The number of rotatable bonds is 6. The van der Waals surface area contributed by atoms with Gasteiger partial charge in [-0.15, -0.1) is 0 Å². The lowest BCUT2D eigenvalue weighted by molar-refractivity contribution is -0.120. The van der Waals surface area contributed by atoms with Gasteiger partial charge in [-0.2, -0.15) is 0 Å². The summed E-state index contributed by atoms with van der Waals surface area (Å²) in [5, 5.41) is 0. The van der Waals surface area contributed by atoms with E-state index in [1.807, 2.05) is 6.07 Å². The molecule has 2 rings (SSSR count). The molecule has 1 aliphatic rings. The van der Waals surface area contributed by atoms with Crippen molar-refractivity contribution in [2.45, 2.75) is 32.1 Å². The first-order valence-electron chi connectivity index (χ1n) is 6.06. The highest BCUT2D eigenvalue weighted by molar-refractivity contribution is 5.83. The lowest BCUT2D eigenvalue weighted by Gasteiger charge is -2.05. The monoisotopic (exact) mass is 236 g/mol. The van der Waals surface area contributed by atoms with Crippen LogP contribution in [-0.2, 0) is 11.2 Å². The zero-order valence-corrected chi connectivity index (χ0v) is 10.0. The number of ether oxygens (including phenoxy) is 1. The van der Waals surface area contributed by atoms with E-state index in [4.69, 9.17) is 4.74 Å². The van der Waals surface area contributed by atoms with Crippen LogP contribution in [0.3, 0.4) is 0 Å². The molecule has 0 amide bonds. The third-order valence-electron chi connectivity index (χ3n) is 3.14. The van der Waals surface area contributed by atoms with Crippen LogP contribution in [0.4, 0.5) is 4.39 Å². The van der Waals surface area contributed by atoms with Gasteiger partial charge in [-0.05, 0) is 43.4 Å². The first-order valence-corrected chi connectivity index (χ1v) is 6.06. The molecule has 0 aliphatic heterocycles. The summed E-state index contributed by atoms with van der Waals surface area (Å²) in [5.41, 5.74) is 0.923. The van der Waals surface area contributed by atoms with Crippen LogP contribution in [0.25, 0.3) is 0 Å². The molecule has 3 heteroatoms. The number of aryl methyl sites for hydroxylation is 1. The van der Waals surface area contributed by atoms with E-state index in [2.05, 4.69) is 0 Å². The smallest absolute Gasteiger partial charge is 0.165 e. The van der Waals surface area contributed by atoms with Gasteiger partial charge in [-0.1, -0.05) is 6.07 Å². The number of Topliss-reactive ketones (excluding diaryl/α,β-unsaturated/α-hetero) is 1. The maximum absolute atomic E-state index is 13.4. The fourth-order valence-electron chi connectivity index (χ4n) is 1.94. The Kier molecular flexibility index (Phi) is 3.77. The predicted octanol–water partition coefficient (Wildman–Crippen LogP) is 3.14. The summed E-state index contributed by atoms with van der Waals surface area (Å²) in [4.78, 5) is 11.5. The molecule has 0 unspecified atom stereocenters. The van der Waals surface area contributed by atoms with E-state index in [1.54, 1.807) is 6.07 Å². The maximum Gasteiger partial charge on any atom is 0.165 e. The quantitative estimate of drug-likeness (QED) is 0.758. The highest BCUT2D eigenvalue weighted by atomic mass is 19.1. The molecular weight excluding hydrogens is 219 g/mol. The van der Waals surface area contributed by atoms with E-state index in [1.165, 1.54) is 13.2 Å². The highest BCUT2D eigenvalue weighted by Crippen LogP contribution is 2.31. The van der Waals surface area contributed by atoms with E-state index >= 15 is 0 Å². The Balaban J connectivity index is 1.82. The van der Waals surface area contributed by atoms with Gasteiger partial charge in [-0.3, -0.25) is 4.79 Å². The number of benzene rings is 1. The molecule has 1 saturated carbocycles. The minimum Gasteiger partial charge on any atom is -0.494 e. The van der Waals surface area contributed by atoms with Crippen molar-refractivity contribution in [2.24, 2.45) is 5.92 Å². The van der Waals surface area contributed by atoms with Crippen molar-refractivity contribution in [1.29, 1.82) is 0 Å². The van der Waals surface area contributed by atoms with Crippen LogP contribution in [0.1, 0.15) is 31.2 Å². The Morgan fingerprint density at radius 3 is 2.82 bits per heavy atom. The van der Waals surface area contributed by atoms with Gasteiger partial charge in [-0.25, -0.2) is 4.39 Å². The number of carbonyl (C=O) groups is 1. The third kappa shape index (κ3) is 3.29. The Labute approximate surface area is 101 Å². The second-order valence-electron chi connectivity index (χ2n) is 4.56. The van der Waals surface area contributed by atoms with Crippen molar-refractivity contribution in [3.8, 4) is 5.75 Å². The van der Waals surface area contributed by atoms with Gasteiger partial charge in [0.15, 0.2) is 11.6 Å². The standard InChI is InChI=1S/C14H17FO2/c1-17-14-8-5-10(9-12(14)15)3-2-4-13(16)11-6-7-11/h5,8-9,11H,2-4,6-7H2,1H3. The number of methoxy groups -OCH3 is 1. The number of ketones is 1. The van der Waals surface area contributed by atoms with Gasteiger partial charge in [0.2, 0.25) is 0 Å². The van der Waals surface area contributed by atoms with Crippen LogP contribution in [0, 0.1) is 11.7 Å². The van der Waals surface area contributed by atoms with E-state index in [-0.39, 0.29) is 11.6 Å². The molecule has 0 atom stereocenters. The SMILES string of the molecule is COc1ccc(CCCC(=O)C2CC2)cc1F. The van der Waals surface area contributed by atoms with Crippen LogP contribution >= 0.6 is 0 Å². The second kappa shape index (κ2) is 5.30. The summed E-state index contributed by atoms with van der Waals surface area (Å²) in [6.45, 7) is 0. The van der Waals surface area contributed by atoms with Gasteiger partial charge in [0.25, 0.3) is 0 Å². The van der Waals surface area contributed by atoms with Gasteiger partial charge >= 0.3 is 0 Å². The molecule has 0 heterocycles. The molecule has 1 fully saturated rings. The Morgan fingerprint density at radius 1 is 1.47 bits per heavy atom. The van der Waals surface area contributed by atoms with Crippen molar-refractivity contribution in [1.82, 2.24) is 0 Å². The van der Waals surface area contributed by atoms with Crippen molar-refractivity contribution in [2.75, 3.05) is 7.11 Å². The fraction of sp³-hybridized carbons (Fsp3) is 0.500. The molecule has 0 radical (unpaired) electrons. The second-order valence-corrected chi connectivity index (χ2v) is 4.56. The molecule has 92 valence electrons. The van der Waals surface area contributed by atoms with E-state index < -0.39 is 0 Å². The fourth-order valence-corrected chi connectivity index (χ4v) is 1.94. The van der Waals surface area contributed by atoms with Crippen LogP contribution < -0.4 is 4.74 Å². The molecule has 1 aliphatic carbocycles. The summed E-state index contributed by atoms with van der Waals surface area (Å²) in [5.74, 6) is 0.642. The number of hydrogen-bond acceptors (Lipinski definition) is 2. The molecule has 1 aromatic rings. The Morgan fingerprint density at radius 2 is 2.24 bits per heavy atom. The largest absolute Gasteiger partial charge is 0.494 e. The first kappa shape index (κ1) is 12.1. The number of carbonyl (C=O) groups excluding carboxylic acids is 1. The Hall–Kier alpha value is -1.38. The third-order valence-corrected chi connectivity index (χ3v) is 3.14. The van der Waals surface area contributed by atoms with Crippen molar-refractivity contribution < 1.29 is 13.9 Å². The molecule has 2 nitrogen and oxygen atoms in total. The van der Waals surface area contributed by atoms with E-state index in [0.29, 0.717) is 18.1 Å². The minimum atomic E-state index is -0.335. The molecule has 0 saturated heterocycles. The van der Waals surface area contributed by atoms with Gasteiger partial charge in [0.05, 0.1) is 7.11 Å². The Bertz CT molecular complexity index is 411. The van der Waals surface area contributed by atoms with Crippen LogP contribution in [0.5, 0.6) is 5.75 Å². The molecule has 0 N–H and O–H groups in total. The topological polar surface area (TPSA) is 26.3 Å². The first-order chi connectivity index (χ1) is 8.20. The average molecular weight is 236 g/mol. The summed E-state index contributed by atoms with van der Waals surface area (Å²) < 4.78 is 18.2. The molecular formula is C14H17FO2.